The molecule has 1 saturated carbocycles. The topological polar surface area (TPSA) is 82.3 Å². The molecular formula is C16H28N4O2. The van der Waals surface area contributed by atoms with Gasteiger partial charge in [-0.25, -0.2) is 4.98 Å². The van der Waals surface area contributed by atoms with E-state index >= 15 is 0 Å². The molecule has 3 N–H and O–H groups in total. The average molecular weight is 308 g/mol. The van der Waals surface area contributed by atoms with E-state index in [-0.39, 0.29) is 5.41 Å². The van der Waals surface area contributed by atoms with Crippen LogP contribution in [0.3, 0.4) is 0 Å². The summed E-state index contributed by atoms with van der Waals surface area (Å²) in [6.45, 7) is 7.16. The van der Waals surface area contributed by atoms with Gasteiger partial charge in [-0.2, -0.15) is 4.98 Å². The molecule has 0 unspecified atom stereocenters. The summed E-state index contributed by atoms with van der Waals surface area (Å²) in [7, 11) is 1.64. The van der Waals surface area contributed by atoms with Crippen LogP contribution in [0.1, 0.15) is 52.3 Å². The predicted molar refractivity (Wildman–Crippen MR) is 88.4 cm³/mol. The van der Waals surface area contributed by atoms with Crippen LogP contribution in [0.5, 0.6) is 5.88 Å². The number of hydrogen-bond acceptors (Lipinski definition) is 6. The van der Waals surface area contributed by atoms with Crippen molar-refractivity contribution in [1.29, 1.82) is 0 Å². The van der Waals surface area contributed by atoms with E-state index in [0.29, 0.717) is 36.6 Å². The molecule has 1 aliphatic carbocycles. The van der Waals surface area contributed by atoms with Crippen LogP contribution >= 0.6 is 0 Å². The quantitative estimate of drug-likeness (QED) is 0.786. The van der Waals surface area contributed by atoms with Gasteiger partial charge in [0.2, 0.25) is 5.88 Å². The number of hydrogen-bond donors (Lipinski definition) is 2. The molecule has 0 saturated heterocycles. The number of ether oxygens (including phenoxy) is 2. The van der Waals surface area contributed by atoms with E-state index in [1.807, 2.05) is 0 Å². The number of nitrogens with one attached hydrogen (secondary N) is 1. The monoisotopic (exact) mass is 308 g/mol. The lowest BCUT2D eigenvalue weighted by atomic mass is 9.95. The van der Waals surface area contributed by atoms with Gasteiger partial charge in [0, 0.05) is 18.6 Å². The summed E-state index contributed by atoms with van der Waals surface area (Å²) in [4.78, 5) is 9.13. The highest BCUT2D eigenvalue weighted by atomic mass is 16.5. The van der Waals surface area contributed by atoms with Gasteiger partial charge in [-0.15, -0.1) is 0 Å². The maximum atomic E-state index is 6.20. The summed E-state index contributed by atoms with van der Waals surface area (Å²) >= 11 is 0. The smallest absolute Gasteiger partial charge is 0.242 e. The highest BCUT2D eigenvalue weighted by molar-refractivity contribution is 5.67. The molecule has 1 fully saturated rings. The number of anilines is 2. The molecule has 0 aromatic carbocycles. The molecule has 22 heavy (non-hydrogen) atoms. The van der Waals surface area contributed by atoms with Gasteiger partial charge in [-0.3, -0.25) is 0 Å². The second kappa shape index (κ2) is 7.13. The Kier molecular flexibility index (Phi) is 5.45. The Bertz CT molecular complexity index is 494. The zero-order valence-corrected chi connectivity index (χ0v) is 14.1. The molecule has 2 rings (SSSR count). The molecule has 1 aromatic rings. The van der Waals surface area contributed by atoms with Crippen LogP contribution in [0.4, 0.5) is 11.5 Å². The summed E-state index contributed by atoms with van der Waals surface area (Å²) in [5.41, 5.74) is 6.52. The number of nitrogen functional groups attached to an aromatic ring is 1. The number of nitrogens with zero attached hydrogens (tertiary/aromatic N) is 2. The SMILES string of the molecule is COCCOc1nc(C(C)(C)C)nc(NC2CCCC2)c1N. The molecule has 6 nitrogen and oxygen atoms in total. The van der Waals surface area contributed by atoms with E-state index in [1.165, 1.54) is 12.8 Å². The van der Waals surface area contributed by atoms with E-state index in [9.17, 15) is 0 Å². The molecule has 0 bridgehead atoms. The summed E-state index contributed by atoms with van der Waals surface area (Å²) in [6.07, 6.45) is 4.83. The summed E-state index contributed by atoms with van der Waals surface area (Å²) < 4.78 is 10.7. The Morgan fingerprint density at radius 3 is 2.45 bits per heavy atom. The first-order valence-corrected chi connectivity index (χ1v) is 7.98. The Morgan fingerprint density at radius 1 is 1.18 bits per heavy atom. The van der Waals surface area contributed by atoms with Crippen molar-refractivity contribution >= 4 is 11.5 Å². The van der Waals surface area contributed by atoms with Gasteiger partial charge in [0.05, 0.1) is 6.61 Å². The number of aromatic nitrogens is 2. The molecule has 6 heteroatoms. The third-order valence-electron chi connectivity index (χ3n) is 3.80. The zero-order valence-electron chi connectivity index (χ0n) is 14.1. The van der Waals surface area contributed by atoms with Crippen molar-refractivity contribution < 1.29 is 9.47 Å². The van der Waals surface area contributed by atoms with Gasteiger partial charge in [0.25, 0.3) is 0 Å². The number of methoxy groups -OCH3 is 1. The Balaban J connectivity index is 2.26. The molecule has 0 aliphatic heterocycles. The fourth-order valence-corrected chi connectivity index (χ4v) is 2.49. The molecule has 1 heterocycles. The van der Waals surface area contributed by atoms with Gasteiger partial charge in [0.15, 0.2) is 5.82 Å². The van der Waals surface area contributed by atoms with Gasteiger partial charge >= 0.3 is 0 Å². The van der Waals surface area contributed by atoms with Crippen molar-refractivity contribution in [1.82, 2.24) is 9.97 Å². The Hall–Kier alpha value is -1.56. The van der Waals surface area contributed by atoms with Crippen molar-refractivity contribution in [3.8, 4) is 5.88 Å². The molecule has 1 aliphatic rings. The summed E-state index contributed by atoms with van der Waals surface area (Å²) in [5, 5.41) is 3.47. The van der Waals surface area contributed by atoms with E-state index in [0.717, 1.165) is 18.7 Å². The van der Waals surface area contributed by atoms with Crippen LogP contribution in [-0.2, 0) is 10.2 Å². The minimum absolute atomic E-state index is 0.167. The lowest BCUT2D eigenvalue weighted by Gasteiger charge is -2.22. The molecular weight excluding hydrogens is 280 g/mol. The fraction of sp³-hybridized carbons (Fsp3) is 0.750. The van der Waals surface area contributed by atoms with Gasteiger partial charge in [-0.1, -0.05) is 33.6 Å². The standard InChI is InChI=1S/C16H28N4O2/c1-16(2,3)15-19-13(18-11-7-5-6-8-11)12(17)14(20-15)22-10-9-21-4/h11H,5-10,17H2,1-4H3,(H,18,19,20). The Morgan fingerprint density at radius 2 is 1.86 bits per heavy atom. The van der Waals surface area contributed by atoms with Crippen molar-refractivity contribution in [2.75, 3.05) is 31.4 Å². The highest BCUT2D eigenvalue weighted by Gasteiger charge is 2.24. The summed E-state index contributed by atoms with van der Waals surface area (Å²) in [5.74, 6) is 1.87. The van der Waals surface area contributed by atoms with E-state index in [2.05, 4.69) is 36.1 Å². The van der Waals surface area contributed by atoms with E-state index in [4.69, 9.17) is 15.2 Å². The fourth-order valence-electron chi connectivity index (χ4n) is 2.49. The average Bonchev–Trinajstić information content (AvgIpc) is 2.94. The molecule has 0 amide bonds. The van der Waals surface area contributed by atoms with Crippen molar-refractivity contribution in [2.45, 2.75) is 57.9 Å². The maximum absolute atomic E-state index is 6.20. The lowest BCUT2D eigenvalue weighted by Crippen LogP contribution is -2.23. The second-order valence-electron chi connectivity index (χ2n) is 6.83. The highest BCUT2D eigenvalue weighted by Crippen LogP contribution is 2.32. The van der Waals surface area contributed by atoms with Crippen LogP contribution in [0, 0.1) is 0 Å². The first-order chi connectivity index (χ1) is 10.4. The van der Waals surface area contributed by atoms with Crippen LogP contribution in [-0.4, -0.2) is 36.3 Å². The van der Waals surface area contributed by atoms with E-state index in [1.54, 1.807) is 7.11 Å². The van der Waals surface area contributed by atoms with Gasteiger partial charge in [0.1, 0.15) is 18.1 Å². The molecule has 124 valence electrons. The third kappa shape index (κ3) is 4.22. The van der Waals surface area contributed by atoms with Crippen molar-refractivity contribution in [2.24, 2.45) is 0 Å². The third-order valence-corrected chi connectivity index (χ3v) is 3.80. The number of nitrogens with two attached hydrogens (primary N) is 1. The second-order valence-corrected chi connectivity index (χ2v) is 6.83. The number of rotatable bonds is 6. The zero-order chi connectivity index (χ0) is 16.2. The molecule has 0 spiro atoms. The van der Waals surface area contributed by atoms with Gasteiger partial charge in [-0.05, 0) is 12.8 Å². The predicted octanol–water partition coefficient (Wildman–Crippen LogP) is 2.74. The van der Waals surface area contributed by atoms with Crippen LogP contribution in [0.15, 0.2) is 0 Å². The first kappa shape index (κ1) is 16.8. The summed E-state index contributed by atoms with van der Waals surface area (Å²) in [6, 6.07) is 0.442. The Labute approximate surface area is 132 Å². The first-order valence-electron chi connectivity index (χ1n) is 7.98. The molecule has 1 aromatic heterocycles. The normalized spacial score (nSPS) is 16.0. The van der Waals surface area contributed by atoms with Crippen molar-refractivity contribution in [3.05, 3.63) is 5.82 Å². The largest absolute Gasteiger partial charge is 0.474 e. The maximum Gasteiger partial charge on any atom is 0.242 e. The molecule has 0 radical (unpaired) electrons. The van der Waals surface area contributed by atoms with Gasteiger partial charge < -0.3 is 20.5 Å². The van der Waals surface area contributed by atoms with Crippen LogP contribution in [0.2, 0.25) is 0 Å². The van der Waals surface area contributed by atoms with Crippen LogP contribution in [0.25, 0.3) is 0 Å². The van der Waals surface area contributed by atoms with Crippen LogP contribution < -0.4 is 15.8 Å². The minimum Gasteiger partial charge on any atom is -0.474 e. The van der Waals surface area contributed by atoms with Crippen molar-refractivity contribution in [3.63, 3.8) is 0 Å². The lowest BCUT2D eigenvalue weighted by molar-refractivity contribution is 0.144. The molecule has 0 atom stereocenters. The van der Waals surface area contributed by atoms with E-state index < -0.39 is 0 Å². The minimum atomic E-state index is -0.167.